The van der Waals surface area contributed by atoms with Gasteiger partial charge in [-0.15, -0.1) is 0 Å². The van der Waals surface area contributed by atoms with Gasteiger partial charge in [0.1, 0.15) is 0 Å². The van der Waals surface area contributed by atoms with Crippen molar-refractivity contribution in [1.82, 2.24) is 18.8 Å². The number of carbonyl (C=O) groups excluding carboxylic acids is 1. The summed E-state index contributed by atoms with van der Waals surface area (Å²) >= 11 is 0. The number of hydrogen-bond acceptors (Lipinski definition) is 4. The Morgan fingerprint density at radius 1 is 1.00 bits per heavy atom. The van der Waals surface area contributed by atoms with Crippen molar-refractivity contribution < 1.29 is 13.2 Å². The number of hydrogen-bond donors (Lipinski definition) is 1. The van der Waals surface area contributed by atoms with Gasteiger partial charge in [-0.05, 0) is 61.6 Å². The van der Waals surface area contributed by atoms with Crippen LogP contribution in [0.3, 0.4) is 0 Å². The van der Waals surface area contributed by atoms with Crippen molar-refractivity contribution in [2.45, 2.75) is 49.2 Å². The molecule has 168 valence electrons. The largest absolute Gasteiger partial charge is 0.349 e. The average molecular weight is 455 g/mol. The van der Waals surface area contributed by atoms with E-state index < -0.39 is 10.0 Å². The second kappa shape index (κ2) is 7.60. The van der Waals surface area contributed by atoms with Crippen LogP contribution in [0.25, 0.3) is 11.0 Å². The molecule has 0 radical (unpaired) electrons. The highest BCUT2D eigenvalue weighted by Gasteiger charge is 2.38. The molecule has 0 unspecified atom stereocenters. The van der Waals surface area contributed by atoms with E-state index >= 15 is 0 Å². The molecule has 0 bridgehead atoms. The second-order valence-electron chi connectivity index (χ2n) is 8.78. The van der Waals surface area contributed by atoms with Crippen molar-refractivity contribution in [3.63, 3.8) is 0 Å². The van der Waals surface area contributed by atoms with Crippen LogP contribution >= 0.6 is 0 Å². The van der Waals surface area contributed by atoms with Crippen LogP contribution in [0.1, 0.15) is 41.6 Å². The first-order valence-corrected chi connectivity index (χ1v) is 12.3. The van der Waals surface area contributed by atoms with Crippen molar-refractivity contribution in [3.05, 3.63) is 64.1 Å². The van der Waals surface area contributed by atoms with E-state index in [1.54, 1.807) is 44.4 Å². The first-order chi connectivity index (χ1) is 15.3. The quantitative estimate of drug-likeness (QED) is 0.592. The molecule has 0 saturated heterocycles. The molecule has 5 rings (SSSR count). The lowest BCUT2D eigenvalue weighted by molar-refractivity contribution is 0.0951. The standard InChI is InChI=1S/C23H26N4O4S/c1-25-20-12-11-19(13-21(20)26(2)23(25)29)32(30,31)27(18-9-10-18)14-15-3-5-16(6-4-15)22(28)24-17-7-8-17/h3-6,11-13,17-18H,7-10,14H2,1-2H3,(H,24,28). The number of fused-ring (bicyclic) bond motifs is 1. The van der Waals surface area contributed by atoms with Crippen LogP contribution in [0.5, 0.6) is 0 Å². The number of aromatic nitrogens is 2. The van der Waals surface area contributed by atoms with Gasteiger partial charge in [-0.25, -0.2) is 13.2 Å². The van der Waals surface area contributed by atoms with Crippen LogP contribution < -0.4 is 11.0 Å². The summed E-state index contributed by atoms with van der Waals surface area (Å²) in [6, 6.07) is 12.2. The number of carbonyl (C=O) groups is 1. The Bertz CT molecular complexity index is 1360. The van der Waals surface area contributed by atoms with E-state index in [1.807, 2.05) is 12.1 Å². The molecule has 1 amide bonds. The second-order valence-corrected chi connectivity index (χ2v) is 10.7. The highest BCUT2D eigenvalue weighted by molar-refractivity contribution is 7.89. The summed E-state index contributed by atoms with van der Waals surface area (Å²) in [5.41, 5.74) is 2.49. The molecule has 2 aliphatic carbocycles. The third kappa shape index (κ3) is 3.75. The van der Waals surface area contributed by atoms with Crippen molar-refractivity contribution in [3.8, 4) is 0 Å². The molecule has 0 aliphatic heterocycles. The van der Waals surface area contributed by atoms with Crippen LogP contribution in [0.2, 0.25) is 0 Å². The van der Waals surface area contributed by atoms with Crippen LogP contribution in [0.4, 0.5) is 0 Å². The molecule has 0 spiro atoms. The maximum atomic E-state index is 13.5. The molecule has 8 nitrogen and oxygen atoms in total. The van der Waals surface area contributed by atoms with Gasteiger partial charge in [0.2, 0.25) is 10.0 Å². The number of rotatable bonds is 7. The maximum Gasteiger partial charge on any atom is 0.328 e. The number of sulfonamides is 1. The van der Waals surface area contributed by atoms with Crippen LogP contribution in [-0.2, 0) is 30.7 Å². The Morgan fingerprint density at radius 2 is 1.66 bits per heavy atom. The Hall–Kier alpha value is -2.91. The molecule has 2 aromatic carbocycles. The molecule has 1 aromatic heterocycles. The Balaban J connectivity index is 1.42. The molecule has 32 heavy (non-hydrogen) atoms. The summed E-state index contributed by atoms with van der Waals surface area (Å²) in [6.45, 7) is 0.239. The van der Waals surface area contributed by atoms with Crippen molar-refractivity contribution in [1.29, 1.82) is 0 Å². The number of benzene rings is 2. The number of imidazole rings is 1. The number of nitrogens with one attached hydrogen (secondary N) is 1. The lowest BCUT2D eigenvalue weighted by atomic mass is 10.1. The maximum absolute atomic E-state index is 13.5. The summed E-state index contributed by atoms with van der Waals surface area (Å²) in [5.74, 6) is -0.0903. The van der Waals surface area contributed by atoms with Gasteiger partial charge < -0.3 is 5.32 Å². The third-order valence-electron chi connectivity index (χ3n) is 6.27. The Kier molecular flexibility index (Phi) is 4.98. The smallest absolute Gasteiger partial charge is 0.328 e. The van der Waals surface area contributed by atoms with E-state index in [1.165, 1.54) is 13.4 Å². The van der Waals surface area contributed by atoms with Crippen LogP contribution in [0.15, 0.2) is 52.2 Å². The van der Waals surface area contributed by atoms with E-state index in [0.717, 1.165) is 31.2 Å². The summed E-state index contributed by atoms with van der Waals surface area (Å²) in [6.07, 6.45) is 3.71. The zero-order valence-corrected chi connectivity index (χ0v) is 18.9. The van der Waals surface area contributed by atoms with E-state index in [0.29, 0.717) is 22.6 Å². The fourth-order valence-corrected chi connectivity index (χ4v) is 5.69. The molecule has 2 aliphatic rings. The van der Waals surface area contributed by atoms with E-state index in [-0.39, 0.29) is 29.1 Å². The predicted octanol–water partition coefficient (Wildman–Crippen LogP) is 2.12. The van der Waals surface area contributed by atoms with E-state index in [9.17, 15) is 18.0 Å². The fourth-order valence-electron chi connectivity index (χ4n) is 3.99. The highest BCUT2D eigenvalue weighted by Crippen LogP contribution is 2.34. The molecule has 1 N–H and O–H groups in total. The molecule has 3 aromatic rings. The van der Waals surface area contributed by atoms with Gasteiger partial charge in [0, 0.05) is 38.3 Å². The monoisotopic (exact) mass is 454 g/mol. The lowest BCUT2D eigenvalue weighted by Crippen LogP contribution is -2.32. The molecule has 1 heterocycles. The first kappa shape index (κ1) is 21.0. The normalized spacial score (nSPS) is 16.6. The van der Waals surface area contributed by atoms with Gasteiger partial charge in [0.25, 0.3) is 5.91 Å². The minimum Gasteiger partial charge on any atom is -0.349 e. The van der Waals surface area contributed by atoms with Gasteiger partial charge in [-0.1, -0.05) is 12.1 Å². The number of amides is 1. The Labute approximate surface area is 186 Å². The third-order valence-corrected chi connectivity index (χ3v) is 8.17. The van der Waals surface area contributed by atoms with Gasteiger partial charge >= 0.3 is 5.69 Å². The van der Waals surface area contributed by atoms with Crippen LogP contribution in [-0.4, -0.2) is 39.8 Å². The highest BCUT2D eigenvalue weighted by atomic mass is 32.2. The molecule has 0 atom stereocenters. The summed E-state index contributed by atoms with van der Waals surface area (Å²) in [4.78, 5) is 24.6. The summed E-state index contributed by atoms with van der Waals surface area (Å²) < 4.78 is 31.6. The zero-order valence-electron chi connectivity index (χ0n) is 18.1. The Morgan fingerprint density at radius 3 is 2.28 bits per heavy atom. The SMILES string of the molecule is Cn1c(=O)n(C)c2cc(S(=O)(=O)N(Cc3ccc(C(=O)NC4CC4)cc3)C3CC3)ccc21. The summed E-state index contributed by atoms with van der Waals surface area (Å²) in [7, 11) is -0.442. The predicted molar refractivity (Wildman–Crippen MR) is 121 cm³/mol. The first-order valence-electron chi connectivity index (χ1n) is 10.8. The summed E-state index contributed by atoms with van der Waals surface area (Å²) in [5, 5.41) is 2.96. The van der Waals surface area contributed by atoms with E-state index in [2.05, 4.69) is 5.32 Å². The lowest BCUT2D eigenvalue weighted by Gasteiger charge is -2.22. The van der Waals surface area contributed by atoms with Gasteiger partial charge in [-0.2, -0.15) is 4.31 Å². The van der Waals surface area contributed by atoms with Crippen LogP contribution in [0, 0.1) is 0 Å². The minimum absolute atomic E-state index is 0.0341. The number of nitrogens with zero attached hydrogens (tertiary/aromatic N) is 3. The van der Waals surface area contributed by atoms with Gasteiger partial charge in [-0.3, -0.25) is 13.9 Å². The molecule has 2 saturated carbocycles. The topological polar surface area (TPSA) is 93.4 Å². The fraction of sp³-hybridized carbons (Fsp3) is 0.391. The molecule has 2 fully saturated rings. The minimum atomic E-state index is -3.75. The van der Waals surface area contributed by atoms with Gasteiger partial charge in [0.15, 0.2) is 0 Å². The van der Waals surface area contributed by atoms with Crippen molar-refractivity contribution in [2.75, 3.05) is 0 Å². The van der Waals surface area contributed by atoms with Gasteiger partial charge in [0.05, 0.1) is 15.9 Å². The van der Waals surface area contributed by atoms with Crippen molar-refractivity contribution >= 4 is 27.0 Å². The molecule has 9 heteroatoms. The van der Waals surface area contributed by atoms with E-state index in [4.69, 9.17) is 0 Å². The van der Waals surface area contributed by atoms with Crippen molar-refractivity contribution in [2.24, 2.45) is 14.1 Å². The molecular formula is C23H26N4O4S. The average Bonchev–Trinajstić information content (AvgIpc) is 3.71. The number of aryl methyl sites for hydroxylation is 2. The molecular weight excluding hydrogens is 428 g/mol. The zero-order chi connectivity index (χ0) is 22.6.